The Morgan fingerprint density at radius 3 is 2.56 bits per heavy atom. The van der Waals surface area contributed by atoms with Gasteiger partial charge in [-0.25, -0.2) is 9.97 Å². The summed E-state index contributed by atoms with van der Waals surface area (Å²) >= 11 is 6.04. The second-order valence-electron chi connectivity index (χ2n) is 6.16. The Morgan fingerprint density at radius 1 is 0.889 bits per heavy atom. The molecule has 5 aromatic rings. The van der Waals surface area contributed by atoms with Crippen LogP contribution >= 0.6 is 11.6 Å². The highest BCUT2D eigenvalue weighted by Crippen LogP contribution is 2.25. The van der Waals surface area contributed by atoms with Gasteiger partial charge in [0.05, 0.1) is 23.0 Å². The molecule has 0 radical (unpaired) electrons. The summed E-state index contributed by atoms with van der Waals surface area (Å²) in [7, 11) is 0. The number of nitrogens with zero attached hydrogens (tertiary/aromatic N) is 3. The van der Waals surface area contributed by atoms with E-state index >= 15 is 0 Å². The van der Waals surface area contributed by atoms with Gasteiger partial charge in [0.1, 0.15) is 11.5 Å². The normalized spacial score (nSPS) is 11.7. The minimum atomic E-state index is 0.700. The second kappa shape index (κ2) is 6.41. The monoisotopic (exact) mass is 371 g/mol. The fourth-order valence-electron chi connectivity index (χ4n) is 3.11. The average molecular weight is 372 g/mol. The minimum absolute atomic E-state index is 0.700. The zero-order valence-corrected chi connectivity index (χ0v) is 15.0. The van der Waals surface area contributed by atoms with E-state index in [1.54, 1.807) is 6.26 Å². The van der Waals surface area contributed by atoms with Gasteiger partial charge in [0.2, 0.25) is 0 Å². The molecule has 0 atom stereocenters. The summed E-state index contributed by atoms with van der Waals surface area (Å²) in [4.78, 5) is 9.60. The van der Waals surface area contributed by atoms with Crippen molar-refractivity contribution in [3.05, 3.63) is 89.6 Å². The van der Waals surface area contributed by atoms with Crippen molar-refractivity contribution >= 4 is 40.4 Å². The lowest BCUT2D eigenvalue weighted by atomic mass is 10.1. The number of hydrogen-bond acceptors (Lipinski definition) is 3. The van der Waals surface area contributed by atoms with Crippen molar-refractivity contribution in [3.63, 3.8) is 0 Å². The van der Waals surface area contributed by atoms with E-state index in [4.69, 9.17) is 26.0 Å². The van der Waals surface area contributed by atoms with E-state index in [1.165, 1.54) is 0 Å². The number of fused-ring (bicyclic) bond motifs is 3. The summed E-state index contributed by atoms with van der Waals surface area (Å²) in [6.07, 6.45) is 7.49. The molecule has 0 bridgehead atoms. The molecule has 0 aliphatic heterocycles. The first kappa shape index (κ1) is 15.9. The Bertz CT molecular complexity index is 1270. The number of para-hydroxylation sites is 2. The third-order valence-corrected chi connectivity index (χ3v) is 4.66. The highest BCUT2D eigenvalue weighted by atomic mass is 35.5. The molecule has 0 saturated carbocycles. The highest BCUT2D eigenvalue weighted by Gasteiger charge is 2.11. The number of rotatable bonds is 3. The van der Waals surface area contributed by atoms with Crippen molar-refractivity contribution in [3.8, 4) is 11.3 Å². The van der Waals surface area contributed by atoms with Crippen LogP contribution in [0.2, 0.25) is 5.02 Å². The molecule has 3 heterocycles. The van der Waals surface area contributed by atoms with Crippen molar-refractivity contribution in [1.82, 2.24) is 14.4 Å². The molecule has 0 aliphatic carbocycles. The van der Waals surface area contributed by atoms with Crippen LogP contribution in [0.25, 0.3) is 40.1 Å². The fourth-order valence-corrected chi connectivity index (χ4v) is 3.23. The van der Waals surface area contributed by atoms with Gasteiger partial charge >= 0.3 is 0 Å². The molecule has 27 heavy (non-hydrogen) atoms. The van der Waals surface area contributed by atoms with Gasteiger partial charge in [-0.2, -0.15) is 0 Å². The molecule has 0 aliphatic rings. The predicted octanol–water partition coefficient (Wildman–Crippen LogP) is 5.97. The van der Waals surface area contributed by atoms with Gasteiger partial charge in [0.25, 0.3) is 0 Å². The number of hydrogen-bond donors (Lipinski definition) is 0. The largest absolute Gasteiger partial charge is 0.465 e. The maximum atomic E-state index is 6.04. The molecular formula is C22H14ClN3O. The van der Waals surface area contributed by atoms with Crippen LogP contribution in [0.3, 0.4) is 0 Å². The van der Waals surface area contributed by atoms with Crippen LogP contribution < -0.4 is 0 Å². The van der Waals surface area contributed by atoms with Crippen LogP contribution in [0.5, 0.6) is 0 Å². The zero-order valence-electron chi connectivity index (χ0n) is 14.2. The number of halogens is 1. The third-order valence-electron chi connectivity index (χ3n) is 4.41. The number of benzene rings is 2. The third kappa shape index (κ3) is 2.90. The average Bonchev–Trinajstić information content (AvgIpc) is 3.34. The fraction of sp³-hybridized carbons (Fsp3) is 0. The molecule has 0 unspecified atom stereocenters. The predicted molar refractivity (Wildman–Crippen MR) is 109 cm³/mol. The number of imidazole rings is 1. The van der Waals surface area contributed by atoms with Crippen molar-refractivity contribution in [1.29, 1.82) is 0 Å². The van der Waals surface area contributed by atoms with Crippen LogP contribution in [-0.2, 0) is 0 Å². The van der Waals surface area contributed by atoms with E-state index in [0.717, 1.165) is 39.4 Å². The zero-order chi connectivity index (χ0) is 18.2. The molecule has 4 nitrogen and oxygen atoms in total. The van der Waals surface area contributed by atoms with E-state index in [-0.39, 0.29) is 0 Å². The molecule has 0 amide bonds. The van der Waals surface area contributed by atoms with Crippen LogP contribution in [0.4, 0.5) is 0 Å². The summed E-state index contributed by atoms with van der Waals surface area (Å²) in [5.74, 6) is 0.767. The topological polar surface area (TPSA) is 43.3 Å². The quantitative estimate of drug-likeness (QED) is 0.392. The Hall–Kier alpha value is -3.37. The SMILES string of the molecule is Clc1ccc(-c2cn3c(nc4ccccc43)c(C=Cc3ccco3)n2)cc1. The lowest BCUT2D eigenvalue weighted by Gasteiger charge is -2.06. The second-order valence-corrected chi connectivity index (χ2v) is 6.60. The summed E-state index contributed by atoms with van der Waals surface area (Å²) in [5, 5.41) is 0.700. The van der Waals surface area contributed by atoms with E-state index in [9.17, 15) is 0 Å². The van der Waals surface area contributed by atoms with Gasteiger partial charge in [-0.15, -0.1) is 0 Å². The lowest BCUT2D eigenvalue weighted by Crippen LogP contribution is -1.95. The summed E-state index contributed by atoms with van der Waals surface area (Å²) in [6.45, 7) is 0. The Morgan fingerprint density at radius 2 is 1.74 bits per heavy atom. The molecule has 0 N–H and O–H groups in total. The van der Waals surface area contributed by atoms with Crippen molar-refractivity contribution in [2.24, 2.45) is 0 Å². The van der Waals surface area contributed by atoms with E-state index in [2.05, 4.69) is 10.5 Å². The molecular weight excluding hydrogens is 358 g/mol. The molecule has 5 heteroatoms. The van der Waals surface area contributed by atoms with Crippen LogP contribution in [0.1, 0.15) is 11.5 Å². The first-order chi connectivity index (χ1) is 13.3. The van der Waals surface area contributed by atoms with Gasteiger partial charge in [-0.1, -0.05) is 35.9 Å². The maximum absolute atomic E-state index is 6.04. The Labute approximate surface area is 160 Å². The first-order valence-electron chi connectivity index (χ1n) is 8.53. The Kier molecular flexibility index (Phi) is 3.77. The van der Waals surface area contributed by atoms with Crippen LogP contribution in [0.15, 0.2) is 77.5 Å². The number of aromatic nitrogens is 3. The van der Waals surface area contributed by atoms with Gasteiger partial charge in [0, 0.05) is 16.8 Å². The van der Waals surface area contributed by atoms with Gasteiger partial charge in [-0.05, 0) is 48.6 Å². The molecule has 3 aromatic heterocycles. The van der Waals surface area contributed by atoms with E-state index in [0.29, 0.717) is 5.02 Å². The van der Waals surface area contributed by atoms with Crippen LogP contribution in [-0.4, -0.2) is 14.4 Å². The van der Waals surface area contributed by atoms with Gasteiger partial charge in [0.15, 0.2) is 5.65 Å². The first-order valence-corrected chi connectivity index (χ1v) is 8.91. The van der Waals surface area contributed by atoms with E-state index < -0.39 is 0 Å². The molecule has 130 valence electrons. The standard InChI is InChI=1S/C22H14ClN3O/c23-16-9-7-15(8-10-16)20-14-26-21-6-2-1-5-18(21)25-22(26)19(24-20)12-11-17-4-3-13-27-17/h1-14H. The smallest absolute Gasteiger partial charge is 0.164 e. The summed E-state index contributed by atoms with van der Waals surface area (Å²) in [6, 6.07) is 19.5. The van der Waals surface area contributed by atoms with E-state index in [1.807, 2.05) is 72.9 Å². The summed E-state index contributed by atoms with van der Waals surface area (Å²) < 4.78 is 7.48. The summed E-state index contributed by atoms with van der Waals surface area (Å²) in [5.41, 5.74) is 5.39. The van der Waals surface area contributed by atoms with Crippen molar-refractivity contribution in [2.75, 3.05) is 0 Å². The lowest BCUT2D eigenvalue weighted by molar-refractivity contribution is 0.557. The highest BCUT2D eigenvalue weighted by molar-refractivity contribution is 6.30. The molecule has 2 aromatic carbocycles. The van der Waals surface area contributed by atoms with Gasteiger partial charge in [-0.3, -0.25) is 4.40 Å². The molecule has 0 fully saturated rings. The minimum Gasteiger partial charge on any atom is -0.465 e. The Balaban J connectivity index is 1.76. The molecule has 0 saturated heterocycles. The van der Waals surface area contributed by atoms with Crippen molar-refractivity contribution < 1.29 is 4.42 Å². The van der Waals surface area contributed by atoms with Crippen LogP contribution in [0, 0.1) is 0 Å². The van der Waals surface area contributed by atoms with Crippen molar-refractivity contribution in [2.45, 2.75) is 0 Å². The molecule has 5 rings (SSSR count). The number of furan rings is 1. The van der Waals surface area contributed by atoms with Gasteiger partial charge < -0.3 is 4.42 Å². The molecule has 0 spiro atoms. The maximum Gasteiger partial charge on any atom is 0.164 e.